The molecule has 4 heterocycles. The van der Waals surface area contributed by atoms with E-state index in [9.17, 15) is 13.2 Å². The Hall–Kier alpha value is -2.70. The summed E-state index contributed by atoms with van der Waals surface area (Å²) in [4.78, 5) is 16.8. The predicted octanol–water partition coefficient (Wildman–Crippen LogP) is 2.46. The minimum absolute atomic E-state index is 0.00850. The summed E-state index contributed by atoms with van der Waals surface area (Å²) in [5, 5.41) is 3.63. The lowest BCUT2D eigenvalue weighted by molar-refractivity contribution is 0.0182. The number of carbonyl (C=O) groups excluding carboxylic acids is 1. The molecule has 9 nitrogen and oxygen atoms in total. The lowest BCUT2D eigenvalue weighted by Crippen LogP contribution is -2.50. The highest BCUT2D eigenvalue weighted by molar-refractivity contribution is 7.91. The number of halogens is 1. The van der Waals surface area contributed by atoms with Gasteiger partial charge in [-0.3, -0.25) is 14.6 Å². The van der Waals surface area contributed by atoms with E-state index in [-0.39, 0.29) is 28.6 Å². The maximum atomic E-state index is 16.1. The van der Waals surface area contributed by atoms with Crippen molar-refractivity contribution in [3.63, 3.8) is 0 Å². The summed E-state index contributed by atoms with van der Waals surface area (Å²) in [6.07, 6.45) is 6.70. The Labute approximate surface area is 220 Å². The van der Waals surface area contributed by atoms with Gasteiger partial charge in [0.2, 0.25) is 0 Å². The van der Waals surface area contributed by atoms with E-state index in [1.807, 2.05) is 11.0 Å². The van der Waals surface area contributed by atoms with Crippen molar-refractivity contribution in [2.45, 2.75) is 40.8 Å². The zero-order valence-corrected chi connectivity index (χ0v) is 21.6. The van der Waals surface area contributed by atoms with E-state index in [1.54, 1.807) is 35.0 Å². The zero-order valence-electron chi connectivity index (χ0n) is 20.8. The van der Waals surface area contributed by atoms with Gasteiger partial charge in [0.05, 0.1) is 36.5 Å². The maximum Gasteiger partial charge on any atom is 0.199 e. The molecule has 3 fully saturated rings. The summed E-state index contributed by atoms with van der Waals surface area (Å²) < 4.78 is 57.4. The van der Waals surface area contributed by atoms with Gasteiger partial charge in [-0.2, -0.15) is 5.10 Å². The monoisotopic (exact) mass is 540 g/mol. The van der Waals surface area contributed by atoms with Crippen LogP contribution < -0.4 is 0 Å². The molecule has 0 N–H and O–H groups in total. The lowest BCUT2D eigenvalue weighted by Gasteiger charge is -2.41. The molecule has 1 saturated carbocycles. The molecule has 0 radical (unpaired) electrons. The quantitative estimate of drug-likeness (QED) is 0.534. The van der Waals surface area contributed by atoms with Crippen molar-refractivity contribution in [3.8, 4) is 11.3 Å². The van der Waals surface area contributed by atoms with Gasteiger partial charge in [0.25, 0.3) is 0 Å². The van der Waals surface area contributed by atoms with Gasteiger partial charge < -0.3 is 9.47 Å². The third-order valence-corrected chi connectivity index (χ3v) is 10.5. The summed E-state index contributed by atoms with van der Waals surface area (Å²) in [5.74, 6) is -0.370. The summed E-state index contributed by atoms with van der Waals surface area (Å²) in [5.41, 5.74) is 0.0935. The number of sulfone groups is 1. The Balaban J connectivity index is 1.48. The van der Waals surface area contributed by atoms with Crippen molar-refractivity contribution >= 4 is 16.1 Å². The Morgan fingerprint density at radius 1 is 1.16 bits per heavy atom. The molecule has 200 valence electrons. The second-order valence-corrected chi connectivity index (χ2v) is 12.6. The van der Waals surface area contributed by atoms with Crippen LogP contribution in [0.1, 0.15) is 34.3 Å². The van der Waals surface area contributed by atoms with Gasteiger partial charge in [-0.25, -0.2) is 17.5 Å². The number of morpholine rings is 2. The second-order valence-electron chi connectivity index (χ2n) is 10.6. The van der Waals surface area contributed by atoms with E-state index in [0.717, 1.165) is 6.42 Å². The van der Waals surface area contributed by atoms with E-state index in [4.69, 9.17) is 14.6 Å². The number of benzene rings is 1. The van der Waals surface area contributed by atoms with Crippen molar-refractivity contribution < 1.29 is 27.1 Å². The molecule has 1 aromatic heterocycles. The molecular formula is C27H29FN4O5S. The van der Waals surface area contributed by atoms with Gasteiger partial charge in [0.1, 0.15) is 22.4 Å². The first kappa shape index (κ1) is 24.3. The van der Waals surface area contributed by atoms with E-state index >= 15 is 4.39 Å². The fraction of sp³-hybridized carbons (Fsp3) is 0.481. The molecule has 4 atom stereocenters. The average molecular weight is 541 g/mol. The SMILES string of the molecule is O=Cc1nn([C@]2(CN3CCOCC3)CC=CC=C2F)c2c1C(N1CCOC3C[C@H]31)S(=O)(=O)c1ccccc1-2. The maximum absolute atomic E-state index is 16.1. The van der Waals surface area contributed by atoms with Gasteiger partial charge in [-0.15, -0.1) is 0 Å². The first-order valence-electron chi connectivity index (χ1n) is 13.1. The third-order valence-electron chi connectivity index (χ3n) is 8.43. The largest absolute Gasteiger partial charge is 0.379 e. The van der Waals surface area contributed by atoms with Gasteiger partial charge in [-0.05, 0) is 25.0 Å². The number of rotatable bonds is 5. The molecule has 2 unspecified atom stereocenters. The van der Waals surface area contributed by atoms with Crippen molar-refractivity contribution in [3.05, 3.63) is 59.6 Å². The highest BCUT2D eigenvalue weighted by Crippen LogP contribution is 2.53. The van der Waals surface area contributed by atoms with Crippen molar-refractivity contribution in [2.24, 2.45) is 0 Å². The Kier molecular flexibility index (Phi) is 5.72. The Morgan fingerprint density at radius 3 is 2.76 bits per heavy atom. The van der Waals surface area contributed by atoms with E-state index < -0.39 is 20.8 Å². The molecule has 7 rings (SSSR count). The molecule has 0 bridgehead atoms. The van der Waals surface area contributed by atoms with Crippen molar-refractivity contribution in [1.82, 2.24) is 19.6 Å². The van der Waals surface area contributed by atoms with Crippen LogP contribution in [0.5, 0.6) is 0 Å². The Morgan fingerprint density at radius 2 is 1.97 bits per heavy atom. The van der Waals surface area contributed by atoms with Crippen LogP contribution in [0, 0.1) is 0 Å². The van der Waals surface area contributed by atoms with Crippen molar-refractivity contribution in [2.75, 3.05) is 46.0 Å². The topological polar surface area (TPSA) is 94.0 Å². The standard InChI is InChI=1S/C27H29FN4O5S/c28-23-7-3-4-8-27(23,17-30-9-12-36-13-10-30)32-25-18-5-1-2-6-22(18)38(34,35)26(24(25)19(16-33)29-32)31-11-14-37-21-15-20(21)31/h1-7,16,20-21,26H,8-15,17H2/t20-,21?,26?,27+/m1/s1. The number of allylic oxidation sites excluding steroid dienone is 3. The molecule has 2 saturated heterocycles. The fourth-order valence-electron chi connectivity index (χ4n) is 6.52. The molecule has 3 aliphatic heterocycles. The number of aldehydes is 1. The van der Waals surface area contributed by atoms with E-state index in [2.05, 4.69) is 4.90 Å². The number of fused-ring (bicyclic) bond motifs is 4. The lowest BCUT2D eigenvalue weighted by atomic mass is 9.87. The Bertz CT molecular complexity index is 1460. The summed E-state index contributed by atoms with van der Waals surface area (Å²) >= 11 is 0. The third kappa shape index (κ3) is 3.52. The number of carbonyl (C=O) groups is 1. The minimum atomic E-state index is -3.90. The van der Waals surface area contributed by atoms with Crippen LogP contribution in [0.3, 0.4) is 0 Å². The smallest absolute Gasteiger partial charge is 0.199 e. The van der Waals surface area contributed by atoms with Crippen LogP contribution in [-0.2, 0) is 24.8 Å². The van der Waals surface area contributed by atoms with Crippen LogP contribution in [0.25, 0.3) is 11.3 Å². The highest BCUT2D eigenvalue weighted by Gasteiger charge is 2.56. The second kappa shape index (κ2) is 8.92. The van der Waals surface area contributed by atoms with Crippen LogP contribution in [0.4, 0.5) is 4.39 Å². The fourth-order valence-corrected chi connectivity index (χ4v) is 8.66. The molecule has 0 amide bonds. The van der Waals surface area contributed by atoms with Gasteiger partial charge in [0.15, 0.2) is 16.1 Å². The average Bonchev–Trinajstić information content (AvgIpc) is 3.64. The van der Waals surface area contributed by atoms with Crippen LogP contribution in [0.2, 0.25) is 0 Å². The van der Waals surface area contributed by atoms with Crippen molar-refractivity contribution in [1.29, 1.82) is 0 Å². The van der Waals surface area contributed by atoms with E-state index in [0.29, 0.717) is 75.5 Å². The highest BCUT2D eigenvalue weighted by atomic mass is 32.2. The molecule has 2 aliphatic carbocycles. The minimum Gasteiger partial charge on any atom is -0.379 e. The van der Waals surface area contributed by atoms with Gasteiger partial charge in [-0.1, -0.05) is 30.4 Å². The molecular weight excluding hydrogens is 511 g/mol. The normalized spacial score (nSPS) is 32.1. The van der Waals surface area contributed by atoms with Crippen LogP contribution in [-0.4, -0.2) is 92.4 Å². The van der Waals surface area contributed by atoms with Crippen LogP contribution >= 0.6 is 0 Å². The van der Waals surface area contributed by atoms with E-state index in [1.165, 1.54) is 6.08 Å². The molecule has 5 aliphatic rings. The summed E-state index contributed by atoms with van der Waals surface area (Å²) in [6, 6.07) is 6.76. The summed E-state index contributed by atoms with van der Waals surface area (Å²) in [6.45, 7) is 3.55. The number of aromatic nitrogens is 2. The summed E-state index contributed by atoms with van der Waals surface area (Å²) in [7, 11) is -3.90. The molecule has 2 aromatic rings. The predicted molar refractivity (Wildman–Crippen MR) is 136 cm³/mol. The molecule has 0 spiro atoms. The number of ether oxygens (including phenoxy) is 2. The number of nitrogens with zero attached hydrogens (tertiary/aromatic N) is 4. The number of hydrogen-bond acceptors (Lipinski definition) is 8. The zero-order chi connectivity index (χ0) is 26.1. The first-order valence-corrected chi connectivity index (χ1v) is 14.6. The van der Waals surface area contributed by atoms with Gasteiger partial charge in [0, 0.05) is 43.3 Å². The van der Waals surface area contributed by atoms with Crippen LogP contribution in [0.15, 0.2) is 53.2 Å². The first-order chi connectivity index (χ1) is 18.5. The number of hydrogen-bond donors (Lipinski definition) is 0. The molecule has 1 aromatic carbocycles. The molecule has 38 heavy (non-hydrogen) atoms. The molecule has 11 heteroatoms. The van der Waals surface area contributed by atoms with Gasteiger partial charge >= 0.3 is 0 Å².